The Morgan fingerprint density at radius 3 is 3.12 bits per heavy atom. The Morgan fingerprint density at radius 1 is 1.29 bits per heavy atom. The zero-order chi connectivity index (χ0) is 16.5. The first kappa shape index (κ1) is 15.4. The van der Waals surface area contributed by atoms with E-state index in [1.807, 2.05) is 18.2 Å². The van der Waals surface area contributed by atoms with Crippen molar-refractivity contribution in [3.63, 3.8) is 0 Å². The highest BCUT2D eigenvalue weighted by atomic mass is 35.5. The molecule has 6 heteroatoms. The number of aromatic amines is 1. The highest BCUT2D eigenvalue weighted by molar-refractivity contribution is 6.31. The minimum Gasteiger partial charge on any atom is -0.369 e. The molecule has 0 fully saturated rings. The van der Waals surface area contributed by atoms with Crippen LogP contribution < -0.4 is 10.6 Å². The minimum atomic E-state index is 0.771. The number of halogens is 1. The number of nitrogens with one attached hydrogen (secondary N) is 3. The SMILES string of the molecule is Cc1[nH]c2ccc(Cl)cc2c1CCNc1ncnc2c1CCNC2. The molecular weight excluding hydrogens is 322 g/mol. The molecule has 1 aromatic carbocycles. The molecule has 4 rings (SSSR count). The van der Waals surface area contributed by atoms with E-state index in [4.69, 9.17) is 11.6 Å². The Bertz CT molecular complexity index is 886. The number of nitrogens with zero attached hydrogens (tertiary/aromatic N) is 2. The van der Waals surface area contributed by atoms with Crippen molar-refractivity contribution >= 4 is 28.3 Å². The Kier molecular flexibility index (Phi) is 4.12. The van der Waals surface area contributed by atoms with Crippen LogP contribution >= 0.6 is 11.6 Å². The highest BCUT2D eigenvalue weighted by Crippen LogP contribution is 2.26. The molecule has 3 heterocycles. The fraction of sp³-hybridized carbons (Fsp3) is 0.333. The molecule has 1 aliphatic rings. The van der Waals surface area contributed by atoms with Crippen LogP contribution in [0.5, 0.6) is 0 Å². The molecule has 5 nitrogen and oxygen atoms in total. The lowest BCUT2D eigenvalue weighted by Gasteiger charge is -2.19. The van der Waals surface area contributed by atoms with Crippen LogP contribution in [0.2, 0.25) is 5.02 Å². The molecule has 2 aromatic heterocycles. The first-order valence-corrected chi connectivity index (χ1v) is 8.64. The fourth-order valence-electron chi connectivity index (χ4n) is 3.42. The number of hydrogen-bond donors (Lipinski definition) is 3. The Balaban J connectivity index is 1.52. The molecule has 0 spiro atoms. The first-order chi connectivity index (χ1) is 11.7. The van der Waals surface area contributed by atoms with Crippen molar-refractivity contribution < 1.29 is 0 Å². The Labute approximate surface area is 145 Å². The summed E-state index contributed by atoms with van der Waals surface area (Å²) in [6.45, 7) is 4.75. The van der Waals surface area contributed by atoms with E-state index in [0.717, 1.165) is 54.5 Å². The number of aromatic nitrogens is 3. The van der Waals surface area contributed by atoms with Crippen LogP contribution in [-0.4, -0.2) is 28.0 Å². The van der Waals surface area contributed by atoms with E-state index in [1.54, 1.807) is 6.33 Å². The fourth-order valence-corrected chi connectivity index (χ4v) is 3.59. The van der Waals surface area contributed by atoms with Crippen molar-refractivity contribution in [1.82, 2.24) is 20.3 Å². The molecule has 3 N–H and O–H groups in total. The Morgan fingerprint density at radius 2 is 2.21 bits per heavy atom. The molecule has 3 aromatic rings. The van der Waals surface area contributed by atoms with E-state index < -0.39 is 0 Å². The molecule has 0 amide bonds. The lowest BCUT2D eigenvalue weighted by atomic mass is 10.1. The number of anilines is 1. The standard InChI is InChI=1S/C18H20ClN5/c1-11-13(15-8-12(19)2-3-16(15)24-11)5-7-21-18-14-4-6-20-9-17(14)22-10-23-18/h2-3,8,10,20,24H,4-7,9H2,1H3,(H,21,22,23). The summed E-state index contributed by atoms with van der Waals surface area (Å²) in [4.78, 5) is 12.2. The van der Waals surface area contributed by atoms with Crippen LogP contribution in [0.4, 0.5) is 5.82 Å². The van der Waals surface area contributed by atoms with Gasteiger partial charge in [0.25, 0.3) is 0 Å². The number of hydrogen-bond acceptors (Lipinski definition) is 4. The van der Waals surface area contributed by atoms with Crippen molar-refractivity contribution in [2.24, 2.45) is 0 Å². The molecule has 124 valence electrons. The van der Waals surface area contributed by atoms with Gasteiger partial charge in [-0.25, -0.2) is 9.97 Å². The number of H-pyrrole nitrogens is 1. The molecule has 0 bridgehead atoms. The quantitative estimate of drug-likeness (QED) is 0.681. The molecular formula is C18H20ClN5. The number of benzene rings is 1. The monoisotopic (exact) mass is 341 g/mol. The van der Waals surface area contributed by atoms with Gasteiger partial charge < -0.3 is 15.6 Å². The zero-order valence-electron chi connectivity index (χ0n) is 13.6. The van der Waals surface area contributed by atoms with Gasteiger partial charge in [-0.2, -0.15) is 0 Å². The maximum atomic E-state index is 6.16. The largest absolute Gasteiger partial charge is 0.369 e. The van der Waals surface area contributed by atoms with E-state index in [9.17, 15) is 0 Å². The smallest absolute Gasteiger partial charge is 0.132 e. The van der Waals surface area contributed by atoms with Gasteiger partial charge in [0.2, 0.25) is 0 Å². The van der Waals surface area contributed by atoms with Crippen molar-refractivity contribution in [3.05, 3.63) is 52.1 Å². The molecule has 0 saturated heterocycles. The van der Waals surface area contributed by atoms with Crippen molar-refractivity contribution in [2.45, 2.75) is 26.3 Å². The van der Waals surface area contributed by atoms with E-state index >= 15 is 0 Å². The van der Waals surface area contributed by atoms with Crippen LogP contribution in [-0.2, 0) is 19.4 Å². The van der Waals surface area contributed by atoms with Gasteiger partial charge in [0, 0.05) is 40.3 Å². The number of aryl methyl sites for hydroxylation is 1. The van der Waals surface area contributed by atoms with Gasteiger partial charge in [-0.15, -0.1) is 0 Å². The molecule has 0 aliphatic carbocycles. The maximum Gasteiger partial charge on any atom is 0.132 e. The summed E-state index contributed by atoms with van der Waals surface area (Å²) >= 11 is 6.16. The van der Waals surface area contributed by atoms with Gasteiger partial charge in [-0.05, 0) is 50.1 Å². The molecule has 24 heavy (non-hydrogen) atoms. The van der Waals surface area contributed by atoms with Crippen LogP contribution in [0.3, 0.4) is 0 Å². The van der Waals surface area contributed by atoms with E-state index in [1.165, 1.54) is 22.2 Å². The number of fused-ring (bicyclic) bond motifs is 2. The predicted octanol–water partition coefficient (Wildman–Crippen LogP) is 3.22. The first-order valence-electron chi connectivity index (χ1n) is 8.26. The van der Waals surface area contributed by atoms with E-state index in [0.29, 0.717) is 0 Å². The summed E-state index contributed by atoms with van der Waals surface area (Å²) in [7, 11) is 0. The molecule has 0 unspecified atom stereocenters. The van der Waals surface area contributed by atoms with Gasteiger partial charge in [-0.1, -0.05) is 11.6 Å². The molecule has 0 saturated carbocycles. The second-order valence-electron chi connectivity index (χ2n) is 6.17. The summed E-state index contributed by atoms with van der Waals surface area (Å²) < 4.78 is 0. The average Bonchev–Trinajstić information content (AvgIpc) is 2.90. The lowest BCUT2D eigenvalue weighted by Crippen LogP contribution is -2.26. The van der Waals surface area contributed by atoms with E-state index in [2.05, 4.69) is 32.5 Å². The molecule has 0 radical (unpaired) electrons. The summed E-state index contributed by atoms with van der Waals surface area (Å²) in [5, 5.41) is 8.81. The third-order valence-electron chi connectivity index (χ3n) is 4.63. The predicted molar refractivity (Wildman–Crippen MR) is 97.7 cm³/mol. The normalized spacial score (nSPS) is 13.9. The lowest BCUT2D eigenvalue weighted by molar-refractivity contribution is 0.624. The minimum absolute atomic E-state index is 0.771. The van der Waals surface area contributed by atoms with Crippen LogP contribution in [0.25, 0.3) is 10.9 Å². The summed E-state index contributed by atoms with van der Waals surface area (Å²) in [5.41, 5.74) is 5.99. The molecule has 1 aliphatic heterocycles. The van der Waals surface area contributed by atoms with Crippen LogP contribution in [0.15, 0.2) is 24.5 Å². The van der Waals surface area contributed by atoms with Crippen molar-refractivity contribution in [3.8, 4) is 0 Å². The van der Waals surface area contributed by atoms with Gasteiger partial charge >= 0.3 is 0 Å². The highest BCUT2D eigenvalue weighted by Gasteiger charge is 2.15. The van der Waals surface area contributed by atoms with Gasteiger partial charge in [0.15, 0.2) is 0 Å². The zero-order valence-corrected chi connectivity index (χ0v) is 14.4. The second-order valence-corrected chi connectivity index (χ2v) is 6.61. The van der Waals surface area contributed by atoms with E-state index in [-0.39, 0.29) is 0 Å². The summed E-state index contributed by atoms with van der Waals surface area (Å²) in [5.74, 6) is 0.969. The van der Waals surface area contributed by atoms with Crippen LogP contribution in [0, 0.1) is 6.92 Å². The van der Waals surface area contributed by atoms with Gasteiger partial charge in [0.1, 0.15) is 12.1 Å². The average molecular weight is 342 g/mol. The molecule has 0 atom stereocenters. The van der Waals surface area contributed by atoms with Crippen LogP contribution in [0.1, 0.15) is 22.5 Å². The van der Waals surface area contributed by atoms with Crippen molar-refractivity contribution in [1.29, 1.82) is 0 Å². The maximum absolute atomic E-state index is 6.16. The Hall–Kier alpha value is -2.11. The van der Waals surface area contributed by atoms with Crippen molar-refractivity contribution in [2.75, 3.05) is 18.4 Å². The number of rotatable bonds is 4. The summed E-state index contributed by atoms with van der Waals surface area (Å²) in [6.07, 6.45) is 3.54. The van der Waals surface area contributed by atoms with Gasteiger partial charge in [-0.3, -0.25) is 0 Å². The summed E-state index contributed by atoms with van der Waals surface area (Å²) in [6, 6.07) is 5.99. The third-order valence-corrected chi connectivity index (χ3v) is 4.86. The topological polar surface area (TPSA) is 65.6 Å². The second kappa shape index (κ2) is 6.42. The third kappa shape index (κ3) is 2.85. The van der Waals surface area contributed by atoms with Gasteiger partial charge in [0.05, 0.1) is 5.69 Å².